The molecule has 0 N–H and O–H groups in total. The summed E-state index contributed by atoms with van der Waals surface area (Å²) in [5.41, 5.74) is -0.357. The van der Waals surface area contributed by atoms with Gasteiger partial charge in [0.05, 0.1) is 18.0 Å². The molecule has 0 saturated heterocycles. The van der Waals surface area contributed by atoms with Gasteiger partial charge in [0, 0.05) is 0 Å². The second kappa shape index (κ2) is 4.50. The van der Waals surface area contributed by atoms with E-state index in [0.717, 1.165) is 6.07 Å². The lowest BCUT2D eigenvalue weighted by Gasteiger charge is -2.07. The van der Waals surface area contributed by atoms with Crippen LogP contribution < -0.4 is 4.74 Å². The van der Waals surface area contributed by atoms with Crippen LogP contribution in [0.15, 0.2) is 12.1 Å². The molecular formula is C9H7BrF2O2. The first-order chi connectivity index (χ1) is 6.61. The van der Waals surface area contributed by atoms with E-state index in [1.54, 1.807) is 0 Å². The quantitative estimate of drug-likeness (QED) is 0.620. The Morgan fingerprint density at radius 2 is 2.14 bits per heavy atom. The van der Waals surface area contributed by atoms with Crippen LogP contribution in [0.4, 0.5) is 8.78 Å². The van der Waals surface area contributed by atoms with E-state index >= 15 is 0 Å². The Hall–Kier alpha value is -0.970. The summed E-state index contributed by atoms with van der Waals surface area (Å²) in [4.78, 5) is 11.2. The number of benzene rings is 1. The van der Waals surface area contributed by atoms with Gasteiger partial charge in [-0.3, -0.25) is 4.79 Å². The van der Waals surface area contributed by atoms with E-state index in [2.05, 4.69) is 15.9 Å². The van der Waals surface area contributed by atoms with Crippen molar-refractivity contribution in [2.45, 2.75) is 0 Å². The van der Waals surface area contributed by atoms with Crippen LogP contribution in [0.3, 0.4) is 0 Å². The third-order valence-electron chi connectivity index (χ3n) is 1.68. The summed E-state index contributed by atoms with van der Waals surface area (Å²) in [7, 11) is 1.29. The number of ether oxygens (including phenoxy) is 1. The van der Waals surface area contributed by atoms with Crippen LogP contribution in [0.25, 0.3) is 0 Å². The van der Waals surface area contributed by atoms with Crippen LogP contribution in [0, 0.1) is 11.6 Å². The van der Waals surface area contributed by atoms with Crippen molar-refractivity contribution in [3.05, 3.63) is 29.3 Å². The Morgan fingerprint density at radius 3 is 2.64 bits per heavy atom. The molecule has 0 atom stereocenters. The standard InChI is InChI=1S/C9H7BrF2O2/c1-14-7-3-2-5(11)9(12)8(7)6(13)4-10/h2-3H,4H2,1H3. The third kappa shape index (κ3) is 1.92. The second-order valence-electron chi connectivity index (χ2n) is 2.50. The number of alkyl halides is 1. The molecule has 0 aliphatic heterocycles. The van der Waals surface area contributed by atoms with Crippen molar-refractivity contribution < 1.29 is 18.3 Å². The van der Waals surface area contributed by atoms with Crippen molar-refractivity contribution in [3.63, 3.8) is 0 Å². The SMILES string of the molecule is COc1ccc(F)c(F)c1C(=O)CBr. The summed E-state index contributed by atoms with van der Waals surface area (Å²) in [5, 5.41) is -0.0796. The average molecular weight is 265 g/mol. The molecule has 0 bridgehead atoms. The molecule has 0 amide bonds. The van der Waals surface area contributed by atoms with E-state index in [4.69, 9.17) is 4.74 Å². The van der Waals surface area contributed by atoms with Gasteiger partial charge in [-0.25, -0.2) is 8.78 Å². The maximum atomic E-state index is 13.2. The van der Waals surface area contributed by atoms with Gasteiger partial charge in [0.15, 0.2) is 17.4 Å². The molecule has 1 aromatic rings. The fraction of sp³-hybridized carbons (Fsp3) is 0.222. The maximum Gasteiger partial charge on any atom is 0.180 e. The Balaban J connectivity index is 3.35. The monoisotopic (exact) mass is 264 g/mol. The maximum absolute atomic E-state index is 13.2. The molecule has 0 radical (unpaired) electrons. The highest BCUT2D eigenvalue weighted by atomic mass is 79.9. The predicted octanol–water partition coefficient (Wildman–Crippen LogP) is 2.55. The summed E-state index contributed by atoms with van der Waals surface area (Å²) < 4.78 is 30.7. The number of halogens is 3. The van der Waals surface area contributed by atoms with Gasteiger partial charge in [0.25, 0.3) is 0 Å². The van der Waals surface area contributed by atoms with Crippen molar-refractivity contribution in [2.24, 2.45) is 0 Å². The molecular weight excluding hydrogens is 258 g/mol. The largest absolute Gasteiger partial charge is 0.496 e. The van der Waals surface area contributed by atoms with Gasteiger partial charge in [-0.15, -0.1) is 0 Å². The minimum Gasteiger partial charge on any atom is -0.496 e. The molecule has 0 heterocycles. The minimum atomic E-state index is -1.17. The lowest BCUT2D eigenvalue weighted by atomic mass is 10.1. The third-order valence-corrected chi connectivity index (χ3v) is 2.19. The summed E-state index contributed by atoms with van der Waals surface area (Å²) in [6.45, 7) is 0. The normalized spacial score (nSPS) is 10.0. The van der Waals surface area contributed by atoms with Crippen molar-refractivity contribution in [2.75, 3.05) is 12.4 Å². The zero-order chi connectivity index (χ0) is 10.7. The van der Waals surface area contributed by atoms with E-state index in [1.165, 1.54) is 13.2 Å². The Kier molecular flexibility index (Phi) is 3.57. The van der Waals surface area contributed by atoms with E-state index in [-0.39, 0.29) is 16.6 Å². The van der Waals surface area contributed by atoms with Crippen LogP contribution in [0.1, 0.15) is 10.4 Å². The lowest BCUT2D eigenvalue weighted by molar-refractivity contribution is 0.101. The fourth-order valence-electron chi connectivity index (χ4n) is 1.03. The number of Topliss-reactive ketones (excluding diaryl/α,β-unsaturated/α-hetero) is 1. The molecule has 0 aromatic heterocycles. The number of methoxy groups -OCH3 is 1. The molecule has 0 unspecified atom stereocenters. The molecule has 2 nitrogen and oxygen atoms in total. The van der Waals surface area contributed by atoms with Gasteiger partial charge < -0.3 is 4.74 Å². The second-order valence-corrected chi connectivity index (χ2v) is 3.06. The predicted molar refractivity (Wildman–Crippen MR) is 51.0 cm³/mol. The molecule has 0 saturated carbocycles. The van der Waals surface area contributed by atoms with Gasteiger partial charge >= 0.3 is 0 Å². The smallest absolute Gasteiger partial charge is 0.180 e. The molecule has 14 heavy (non-hydrogen) atoms. The number of hydrogen-bond acceptors (Lipinski definition) is 2. The number of hydrogen-bond donors (Lipinski definition) is 0. The van der Waals surface area contributed by atoms with E-state index in [9.17, 15) is 13.6 Å². The molecule has 1 aromatic carbocycles. The molecule has 0 aliphatic carbocycles. The zero-order valence-corrected chi connectivity index (χ0v) is 8.90. The highest BCUT2D eigenvalue weighted by Crippen LogP contribution is 2.24. The molecule has 5 heteroatoms. The zero-order valence-electron chi connectivity index (χ0n) is 7.31. The van der Waals surface area contributed by atoms with Crippen molar-refractivity contribution in [1.29, 1.82) is 0 Å². The fourth-order valence-corrected chi connectivity index (χ4v) is 1.31. The van der Waals surface area contributed by atoms with E-state index in [0.29, 0.717) is 0 Å². The Bertz CT molecular complexity index is 366. The molecule has 0 aliphatic rings. The van der Waals surface area contributed by atoms with Gasteiger partial charge in [0.1, 0.15) is 5.75 Å². The summed E-state index contributed by atoms with van der Waals surface area (Å²) >= 11 is 2.88. The van der Waals surface area contributed by atoms with Crippen molar-refractivity contribution >= 4 is 21.7 Å². The highest BCUT2D eigenvalue weighted by Gasteiger charge is 2.19. The van der Waals surface area contributed by atoms with Crippen LogP contribution in [-0.2, 0) is 0 Å². The Labute approximate surface area is 88.0 Å². The van der Waals surface area contributed by atoms with Gasteiger partial charge in [-0.2, -0.15) is 0 Å². The summed E-state index contributed by atoms with van der Waals surface area (Å²) in [5.74, 6) is -2.75. The first-order valence-corrected chi connectivity index (χ1v) is 4.85. The van der Waals surface area contributed by atoms with E-state index < -0.39 is 17.4 Å². The number of carbonyl (C=O) groups excluding carboxylic acids is 1. The molecule has 76 valence electrons. The van der Waals surface area contributed by atoms with Crippen LogP contribution in [-0.4, -0.2) is 18.2 Å². The highest BCUT2D eigenvalue weighted by molar-refractivity contribution is 9.09. The Morgan fingerprint density at radius 1 is 1.50 bits per heavy atom. The molecule has 0 spiro atoms. The molecule has 1 rings (SSSR count). The van der Waals surface area contributed by atoms with Crippen LogP contribution >= 0.6 is 15.9 Å². The minimum absolute atomic E-state index is 0.0355. The van der Waals surface area contributed by atoms with Gasteiger partial charge in [-0.05, 0) is 12.1 Å². The summed E-state index contributed by atoms with van der Waals surface area (Å²) in [6.07, 6.45) is 0. The van der Waals surface area contributed by atoms with Crippen molar-refractivity contribution in [3.8, 4) is 5.75 Å². The molecule has 0 fully saturated rings. The lowest BCUT2D eigenvalue weighted by Crippen LogP contribution is -2.07. The topological polar surface area (TPSA) is 26.3 Å². The van der Waals surface area contributed by atoms with E-state index in [1.807, 2.05) is 0 Å². The first kappa shape index (κ1) is 11.1. The number of rotatable bonds is 3. The van der Waals surface area contributed by atoms with Gasteiger partial charge in [-0.1, -0.05) is 15.9 Å². The van der Waals surface area contributed by atoms with Gasteiger partial charge in [0.2, 0.25) is 0 Å². The summed E-state index contributed by atoms with van der Waals surface area (Å²) in [6, 6.07) is 2.13. The number of carbonyl (C=O) groups is 1. The van der Waals surface area contributed by atoms with Crippen LogP contribution in [0.2, 0.25) is 0 Å². The number of ketones is 1. The first-order valence-electron chi connectivity index (χ1n) is 3.73. The average Bonchev–Trinajstić information content (AvgIpc) is 2.20. The van der Waals surface area contributed by atoms with Crippen LogP contribution in [0.5, 0.6) is 5.75 Å². The van der Waals surface area contributed by atoms with Crippen molar-refractivity contribution in [1.82, 2.24) is 0 Å².